The van der Waals surface area contributed by atoms with Crippen LogP contribution in [-0.2, 0) is 6.37 Å². The van der Waals surface area contributed by atoms with E-state index in [1.807, 2.05) is 57.2 Å². The number of hydrogen-bond donors (Lipinski definition) is 0. The molecule has 0 aliphatic heterocycles. The van der Waals surface area contributed by atoms with E-state index in [2.05, 4.69) is 23.2 Å². The van der Waals surface area contributed by atoms with Crippen LogP contribution in [0, 0.1) is 5.41 Å². The molecule has 0 bridgehead atoms. The monoisotopic (exact) mass is 368 g/mol. The molecule has 5 rings (SSSR count). The molecule has 0 unspecified atom stereocenters. The molecule has 5 aromatic rings. The van der Waals surface area contributed by atoms with Crippen molar-refractivity contribution in [3.63, 3.8) is 0 Å². The predicted octanol–water partition coefficient (Wildman–Crippen LogP) is 7.39. The van der Waals surface area contributed by atoms with Crippen molar-refractivity contribution in [1.82, 2.24) is 4.98 Å². The summed E-state index contributed by atoms with van der Waals surface area (Å²) in [5.41, 5.74) is 2.64. The van der Waals surface area contributed by atoms with Crippen molar-refractivity contribution < 1.29 is 8.53 Å². The first kappa shape index (κ1) is 14.0. The van der Waals surface area contributed by atoms with Gasteiger partial charge in [0, 0.05) is 25.3 Å². The van der Waals surface area contributed by atoms with Crippen LogP contribution in [0.3, 0.4) is 0 Å². The van der Waals surface area contributed by atoms with E-state index in [4.69, 9.17) is 8.53 Å². The Hall–Kier alpha value is -3.13. The topological polar surface area (TPSA) is 26.0 Å². The van der Waals surface area contributed by atoms with Gasteiger partial charge in [-0.3, -0.25) is 4.98 Å². The van der Waals surface area contributed by atoms with Crippen molar-refractivity contribution in [3.8, 4) is 11.3 Å². The van der Waals surface area contributed by atoms with Gasteiger partial charge in [-0.2, -0.15) is 0 Å². The number of furan rings is 1. The van der Waals surface area contributed by atoms with E-state index in [0.29, 0.717) is 16.8 Å². The molecule has 0 spiro atoms. The first-order chi connectivity index (χ1) is 14.6. The van der Waals surface area contributed by atoms with Crippen LogP contribution in [0.2, 0.25) is 0 Å². The molecule has 2 nitrogen and oxygen atoms in total. The summed E-state index contributed by atoms with van der Waals surface area (Å²) < 4.78 is 31.8. The SMILES string of the molecule is [2H]c1cc(C([2H])([2H])C(C)(C)C)cc(-c2cccc3c2oc2cc4ccccc4cc23)n1. The van der Waals surface area contributed by atoms with Crippen LogP contribution in [0.15, 0.2) is 77.3 Å². The van der Waals surface area contributed by atoms with Crippen LogP contribution in [0.4, 0.5) is 0 Å². The lowest BCUT2D eigenvalue weighted by molar-refractivity contribution is 0.411. The summed E-state index contributed by atoms with van der Waals surface area (Å²) in [5.74, 6) is 0. The van der Waals surface area contributed by atoms with Crippen molar-refractivity contribution in [2.45, 2.75) is 27.1 Å². The molecule has 0 atom stereocenters. The number of benzene rings is 3. The second kappa shape index (κ2) is 6.20. The van der Waals surface area contributed by atoms with E-state index < -0.39 is 11.8 Å². The fourth-order valence-corrected chi connectivity index (χ4v) is 3.72. The highest BCUT2D eigenvalue weighted by atomic mass is 16.3. The molecule has 0 aliphatic carbocycles. The Morgan fingerprint density at radius 2 is 1.71 bits per heavy atom. The first-order valence-corrected chi connectivity index (χ1v) is 9.49. The maximum atomic E-state index is 8.64. The fourth-order valence-electron chi connectivity index (χ4n) is 3.72. The molecule has 0 saturated carbocycles. The molecule has 0 amide bonds. The van der Waals surface area contributed by atoms with E-state index in [1.54, 1.807) is 6.07 Å². The highest BCUT2D eigenvalue weighted by Gasteiger charge is 2.16. The normalized spacial score (nSPS) is 14.3. The molecule has 0 saturated heterocycles. The quantitative estimate of drug-likeness (QED) is 0.325. The van der Waals surface area contributed by atoms with Crippen LogP contribution < -0.4 is 0 Å². The largest absolute Gasteiger partial charge is 0.455 e. The molecule has 138 valence electrons. The summed E-state index contributed by atoms with van der Waals surface area (Å²) in [6.07, 6.45) is -1.57. The van der Waals surface area contributed by atoms with Crippen molar-refractivity contribution in [1.29, 1.82) is 0 Å². The number of nitrogens with zero attached hydrogens (tertiary/aromatic N) is 1. The van der Waals surface area contributed by atoms with Gasteiger partial charge in [0.05, 0.1) is 7.06 Å². The molecular formula is C26H23NO. The molecule has 0 radical (unpaired) electrons. The van der Waals surface area contributed by atoms with Crippen LogP contribution in [0.5, 0.6) is 0 Å². The Balaban J connectivity index is 1.77. The molecule has 0 fully saturated rings. The Labute approximate surface area is 169 Å². The van der Waals surface area contributed by atoms with Gasteiger partial charge in [-0.1, -0.05) is 57.2 Å². The highest BCUT2D eigenvalue weighted by molar-refractivity contribution is 6.13. The third kappa shape index (κ3) is 2.95. The lowest BCUT2D eigenvalue weighted by Gasteiger charge is -2.18. The second-order valence-electron chi connectivity index (χ2n) is 8.22. The van der Waals surface area contributed by atoms with E-state index in [9.17, 15) is 0 Å². The Morgan fingerprint density at radius 3 is 2.50 bits per heavy atom. The number of aromatic nitrogens is 1. The zero-order chi connectivity index (χ0) is 22.0. The third-order valence-electron chi connectivity index (χ3n) is 4.86. The lowest BCUT2D eigenvalue weighted by Crippen LogP contribution is -2.09. The molecule has 2 heterocycles. The van der Waals surface area contributed by atoms with Gasteiger partial charge in [-0.25, -0.2) is 0 Å². The van der Waals surface area contributed by atoms with Gasteiger partial charge < -0.3 is 4.42 Å². The Bertz CT molecular complexity index is 1460. The van der Waals surface area contributed by atoms with E-state index in [0.717, 1.165) is 32.7 Å². The Morgan fingerprint density at radius 1 is 0.929 bits per heavy atom. The number of pyridine rings is 1. The summed E-state index contributed by atoms with van der Waals surface area (Å²) >= 11 is 0. The van der Waals surface area contributed by atoms with Gasteiger partial charge in [-0.05, 0) is 58.5 Å². The van der Waals surface area contributed by atoms with E-state index >= 15 is 0 Å². The van der Waals surface area contributed by atoms with Gasteiger partial charge in [0.2, 0.25) is 0 Å². The molecule has 3 aromatic carbocycles. The van der Waals surface area contributed by atoms with Gasteiger partial charge in [0.25, 0.3) is 0 Å². The van der Waals surface area contributed by atoms with Crippen LogP contribution in [-0.4, -0.2) is 4.98 Å². The number of rotatable bonds is 2. The van der Waals surface area contributed by atoms with Crippen LogP contribution in [0.25, 0.3) is 44.0 Å². The zero-order valence-electron chi connectivity index (χ0n) is 19.2. The summed E-state index contributed by atoms with van der Waals surface area (Å²) in [5, 5.41) is 4.27. The molecule has 2 heteroatoms. The molecular weight excluding hydrogens is 342 g/mol. The maximum Gasteiger partial charge on any atom is 0.144 e. The van der Waals surface area contributed by atoms with Crippen molar-refractivity contribution in [2.75, 3.05) is 0 Å². The maximum absolute atomic E-state index is 8.64. The van der Waals surface area contributed by atoms with Crippen LogP contribution in [0.1, 0.15) is 30.4 Å². The van der Waals surface area contributed by atoms with E-state index in [-0.39, 0.29) is 6.17 Å². The number of para-hydroxylation sites is 1. The minimum absolute atomic E-state index is 0.0412. The van der Waals surface area contributed by atoms with Crippen molar-refractivity contribution in [3.05, 3.63) is 78.5 Å². The average molecular weight is 368 g/mol. The summed E-state index contributed by atoms with van der Waals surface area (Å²) in [4.78, 5) is 4.42. The standard InChI is InChI=1S/C26H23NO/c1-26(2,3)16-17-11-12-27-23(13-17)21-10-6-9-20-22-14-18-7-4-5-8-19(18)15-24(22)28-25(20)21/h4-15H,16H2,1-3H3/i12D,16D2. The molecule has 0 N–H and O–H groups in total. The molecule has 2 aromatic heterocycles. The summed E-state index contributed by atoms with van der Waals surface area (Å²) in [7, 11) is 0. The summed E-state index contributed by atoms with van der Waals surface area (Å²) in [6.45, 7) is 5.59. The van der Waals surface area contributed by atoms with Crippen molar-refractivity contribution in [2.24, 2.45) is 5.41 Å². The van der Waals surface area contributed by atoms with Gasteiger partial charge in [-0.15, -0.1) is 0 Å². The van der Waals surface area contributed by atoms with Gasteiger partial charge >= 0.3 is 0 Å². The highest BCUT2D eigenvalue weighted by Crippen LogP contribution is 2.37. The fraction of sp³-hybridized carbons (Fsp3) is 0.192. The predicted molar refractivity (Wildman–Crippen MR) is 118 cm³/mol. The molecule has 0 aliphatic rings. The third-order valence-corrected chi connectivity index (χ3v) is 4.86. The van der Waals surface area contributed by atoms with Gasteiger partial charge in [0.15, 0.2) is 0 Å². The van der Waals surface area contributed by atoms with Crippen molar-refractivity contribution >= 4 is 32.7 Å². The van der Waals surface area contributed by atoms with Gasteiger partial charge in [0.1, 0.15) is 11.2 Å². The number of hydrogen-bond acceptors (Lipinski definition) is 2. The second-order valence-corrected chi connectivity index (χ2v) is 8.22. The smallest absolute Gasteiger partial charge is 0.144 e. The van der Waals surface area contributed by atoms with E-state index in [1.165, 1.54) is 6.07 Å². The lowest BCUT2D eigenvalue weighted by atomic mass is 9.88. The minimum Gasteiger partial charge on any atom is -0.455 e. The number of fused-ring (bicyclic) bond motifs is 4. The first-order valence-electron chi connectivity index (χ1n) is 11.0. The molecule has 28 heavy (non-hydrogen) atoms. The Kier molecular flexibility index (Phi) is 3.09. The minimum atomic E-state index is -1.61. The van der Waals surface area contributed by atoms with Crippen LogP contribution >= 0.6 is 0 Å². The zero-order valence-corrected chi connectivity index (χ0v) is 16.2. The average Bonchev–Trinajstić information content (AvgIpc) is 3.08. The summed E-state index contributed by atoms with van der Waals surface area (Å²) in [6, 6.07) is 21.5.